The Kier molecular flexibility index (Phi) is 5.10. The maximum absolute atomic E-state index is 12.2. The smallest absolute Gasteiger partial charge is 0.253 e. The molecule has 22 heavy (non-hydrogen) atoms. The number of halogens is 2. The van der Waals surface area contributed by atoms with Crippen LogP contribution in [0.2, 0.25) is 10.2 Å². The van der Waals surface area contributed by atoms with Crippen molar-refractivity contribution < 1.29 is 13.2 Å². The van der Waals surface area contributed by atoms with Crippen LogP contribution < -0.4 is 10.3 Å². The number of ether oxygens (including phenoxy) is 1. The maximum atomic E-state index is 12.2. The van der Waals surface area contributed by atoms with Gasteiger partial charge >= 0.3 is 0 Å². The van der Waals surface area contributed by atoms with Gasteiger partial charge in [0.15, 0.2) is 9.84 Å². The normalized spacial score (nSPS) is 11.4. The fourth-order valence-electron chi connectivity index (χ4n) is 1.83. The van der Waals surface area contributed by atoms with Gasteiger partial charge in [-0.3, -0.25) is 4.79 Å². The average Bonchev–Trinajstić information content (AvgIpc) is 2.42. The fourth-order valence-corrected chi connectivity index (χ4v) is 3.71. The van der Waals surface area contributed by atoms with Gasteiger partial charge in [0.05, 0.1) is 18.6 Å². The molecule has 0 saturated heterocycles. The quantitative estimate of drug-likeness (QED) is 0.823. The van der Waals surface area contributed by atoms with Crippen LogP contribution in [0, 0.1) is 0 Å². The lowest BCUT2D eigenvalue weighted by atomic mass is 10.3. The van der Waals surface area contributed by atoms with Crippen LogP contribution in [0.25, 0.3) is 0 Å². The molecule has 0 aromatic carbocycles. The zero-order valence-corrected chi connectivity index (χ0v) is 13.8. The first-order valence-electron chi connectivity index (χ1n) is 6.07. The number of H-pyrrole nitrogens is 1. The monoisotopic (exact) mass is 362 g/mol. The van der Waals surface area contributed by atoms with Crippen LogP contribution in [0.5, 0.6) is 5.88 Å². The number of hydrogen-bond acceptors (Lipinski definition) is 5. The lowest BCUT2D eigenvalue weighted by molar-refractivity contribution is 0.398. The zero-order chi connectivity index (χ0) is 16.3. The molecule has 2 aromatic rings. The van der Waals surface area contributed by atoms with Gasteiger partial charge in [-0.2, -0.15) is 0 Å². The molecule has 0 aliphatic carbocycles. The third-order valence-corrected chi connectivity index (χ3v) is 4.79. The molecular formula is C13H12Cl2N2O4S. The van der Waals surface area contributed by atoms with Gasteiger partial charge < -0.3 is 9.72 Å². The number of nitrogens with zero attached hydrogens (tertiary/aromatic N) is 1. The first-order chi connectivity index (χ1) is 10.3. The van der Waals surface area contributed by atoms with Gasteiger partial charge in [0.25, 0.3) is 5.56 Å². The Hall–Kier alpha value is -1.57. The molecule has 0 amide bonds. The molecule has 9 heteroatoms. The molecule has 6 nitrogen and oxygen atoms in total. The van der Waals surface area contributed by atoms with E-state index >= 15 is 0 Å². The molecule has 0 saturated carbocycles. The van der Waals surface area contributed by atoms with Crippen LogP contribution in [-0.2, 0) is 21.3 Å². The number of sulfone groups is 1. The number of pyridine rings is 2. The van der Waals surface area contributed by atoms with Crippen molar-refractivity contribution in [3.8, 4) is 5.88 Å². The second-order valence-electron chi connectivity index (χ2n) is 4.53. The Bertz CT molecular complexity index is 849. The van der Waals surface area contributed by atoms with Crippen LogP contribution in [0.3, 0.4) is 0 Å². The summed E-state index contributed by atoms with van der Waals surface area (Å²) in [5.74, 6) is -0.466. The Labute approximate surface area is 137 Å². The van der Waals surface area contributed by atoms with Gasteiger partial charge in [-0.25, -0.2) is 13.4 Å². The number of rotatable bonds is 5. The van der Waals surface area contributed by atoms with E-state index in [2.05, 4.69) is 9.97 Å². The molecule has 0 spiro atoms. The van der Waals surface area contributed by atoms with Gasteiger partial charge in [0, 0.05) is 11.8 Å². The minimum Gasteiger partial charge on any atom is -0.480 e. The van der Waals surface area contributed by atoms with Crippen LogP contribution in [0.15, 0.2) is 29.2 Å². The summed E-state index contributed by atoms with van der Waals surface area (Å²) in [6.07, 6.45) is 1.37. The SMILES string of the molecule is COc1ncc(CS(=O)(=O)Cc2ccc(Cl)[nH]c2=O)cc1Cl. The van der Waals surface area contributed by atoms with Crippen molar-refractivity contribution in [1.29, 1.82) is 0 Å². The molecule has 0 aliphatic heterocycles. The van der Waals surface area contributed by atoms with E-state index in [1.807, 2.05) is 0 Å². The van der Waals surface area contributed by atoms with Crippen molar-refractivity contribution in [1.82, 2.24) is 9.97 Å². The topological polar surface area (TPSA) is 89.1 Å². The summed E-state index contributed by atoms with van der Waals surface area (Å²) in [5, 5.41) is 0.372. The molecule has 0 unspecified atom stereocenters. The molecule has 0 aliphatic rings. The van der Waals surface area contributed by atoms with E-state index in [0.717, 1.165) is 0 Å². The van der Waals surface area contributed by atoms with Crippen molar-refractivity contribution in [3.63, 3.8) is 0 Å². The van der Waals surface area contributed by atoms with Crippen LogP contribution in [-0.4, -0.2) is 25.5 Å². The summed E-state index contributed by atoms with van der Waals surface area (Å²) in [6.45, 7) is 0. The van der Waals surface area contributed by atoms with E-state index in [1.165, 1.54) is 31.5 Å². The second-order valence-corrected chi connectivity index (χ2v) is 7.41. The third-order valence-electron chi connectivity index (χ3n) is 2.77. The van der Waals surface area contributed by atoms with E-state index in [0.29, 0.717) is 5.56 Å². The minimum atomic E-state index is -3.56. The summed E-state index contributed by atoms with van der Waals surface area (Å²) in [7, 11) is -2.15. The van der Waals surface area contributed by atoms with Gasteiger partial charge in [-0.15, -0.1) is 0 Å². The van der Waals surface area contributed by atoms with Gasteiger partial charge in [-0.05, 0) is 23.8 Å². The molecule has 0 bridgehead atoms. The Morgan fingerprint density at radius 2 is 2.00 bits per heavy atom. The van der Waals surface area contributed by atoms with Crippen molar-refractivity contribution in [2.75, 3.05) is 7.11 Å². The van der Waals surface area contributed by atoms with Crippen LogP contribution in [0.4, 0.5) is 0 Å². The van der Waals surface area contributed by atoms with Gasteiger partial charge in [0.1, 0.15) is 10.2 Å². The number of aromatic amines is 1. The molecule has 118 valence electrons. The second kappa shape index (κ2) is 6.68. The van der Waals surface area contributed by atoms with E-state index in [1.54, 1.807) is 0 Å². The standard InChI is InChI=1S/C13H12Cl2N2O4S/c1-21-13-10(14)4-8(5-16-13)6-22(19,20)7-9-2-3-11(15)17-12(9)18/h2-5H,6-7H2,1H3,(H,17,18). The summed E-state index contributed by atoms with van der Waals surface area (Å²) in [4.78, 5) is 17.9. The first kappa shape index (κ1) is 16.8. The molecule has 0 atom stereocenters. The molecule has 0 radical (unpaired) electrons. The highest BCUT2D eigenvalue weighted by Crippen LogP contribution is 2.23. The average molecular weight is 363 g/mol. The van der Waals surface area contributed by atoms with Gasteiger partial charge in [0.2, 0.25) is 5.88 Å². The molecule has 2 aromatic heterocycles. The lowest BCUT2D eigenvalue weighted by Crippen LogP contribution is -2.17. The van der Waals surface area contributed by atoms with Crippen LogP contribution >= 0.6 is 23.2 Å². The van der Waals surface area contributed by atoms with Crippen molar-refractivity contribution in [3.05, 3.63) is 56.1 Å². The van der Waals surface area contributed by atoms with Crippen molar-refractivity contribution in [2.24, 2.45) is 0 Å². The van der Waals surface area contributed by atoms with E-state index < -0.39 is 21.1 Å². The highest BCUT2D eigenvalue weighted by atomic mass is 35.5. The van der Waals surface area contributed by atoms with E-state index in [9.17, 15) is 13.2 Å². The zero-order valence-electron chi connectivity index (χ0n) is 11.5. The lowest BCUT2D eigenvalue weighted by Gasteiger charge is -2.06. The molecule has 2 rings (SSSR count). The van der Waals surface area contributed by atoms with Crippen molar-refractivity contribution >= 4 is 33.0 Å². The van der Waals surface area contributed by atoms with E-state index in [4.69, 9.17) is 27.9 Å². The van der Waals surface area contributed by atoms with Gasteiger partial charge in [-0.1, -0.05) is 23.2 Å². The molecule has 0 fully saturated rings. The van der Waals surface area contributed by atoms with E-state index in [-0.39, 0.29) is 27.4 Å². The number of methoxy groups -OCH3 is 1. The summed E-state index contributed by atoms with van der Waals surface area (Å²) in [6, 6.07) is 4.29. The minimum absolute atomic E-state index is 0.122. The third kappa shape index (κ3) is 4.22. The predicted octanol–water partition coefficient (Wildman–Crippen LogP) is 2.20. The highest BCUT2D eigenvalue weighted by molar-refractivity contribution is 7.89. The Balaban J connectivity index is 2.21. The fraction of sp³-hybridized carbons (Fsp3) is 0.231. The predicted molar refractivity (Wildman–Crippen MR) is 84.2 cm³/mol. The number of nitrogens with one attached hydrogen (secondary N) is 1. The first-order valence-corrected chi connectivity index (χ1v) is 8.65. The summed E-state index contributed by atoms with van der Waals surface area (Å²) >= 11 is 11.5. The molecule has 2 heterocycles. The summed E-state index contributed by atoms with van der Waals surface area (Å²) < 4.78 is 29.3. The molecular weight excluding hydrogens is 351 g/mol. The largest absolute Gasteiger partial charge is 0.480 e. The highest BCUT2D eigenvalue weighted by Gasteiger charge is 2.17. The summed E-state index contributed by atoms with van der Waals surface area (Å²) in [5.41, 5.74) is 0.00937. The number of aromatic nitrogens is 2. The number of hydrogen-bond donors (Lipinski definition) is 1. The molecule has 1 N–H and O–H groups in total. The Morgan fingerprint density at radius 1 is 1.27 bits per heavy atom. The van der Waals surface area contributed by atoms with Crippen molar-refractivity contribution in [2.45, 2.75) is 11.5 Å². The van der Waals surface area contributed by atoms with Crippen LogP contribution in [0.1, 0.15) is 11.1 Å². The maximum Gasteiger partial charge on any atom is 0.253 e. The Morgan fingerprint density at radius 3 is 2.59 bits per heavy atom.